The summed E-state index contributed by atoms with van der Waals surface area (Å²) in [4.78, 5) is 0. The number of halogens is 5. The fourth-order valence-corrected chi connectivity index (χ4v) is 2.82. The Morgan fingerprint density at radius 1 is 1.10 bits per heavy atom. The van der Waals surface area contributed by atoms with Crippen molar-refractivity contribution in [1.82, 2.24) is 5.32 Å². The number of hydrogen-bond donors (Lipinski definition) is 1. The monoisotopic (exact) mass is 377 g/mol. The van der Waals surface area contributed by atoms with Crippen LogP contribution >= 0.6 is 27.5 Å². The third kappa shape index (κ3) is 3.78. The highest BCUT2D eigenvalue weighted by Crippen LogP contribution is 2.37. The van der Waals surface area contributed by atoms with E-state index < -0.39 is 11.7 Å². The number of hydrogen-bond acceptors (Lipinski definition) is 1. The maximum Gasteiger partial charge on any atom is 0.417 e. The van der Waals surface area contributed by atoms with Crippen LogP contribution in [0.5, 0.6) is 0 Å². The normalized spacial score (nSPS) is 13.2. The van der Waals surface area contributed by atoms with Crippen LogP contribution in [0.3, 0.4) is 0 Å². The maximum absolute atomic E-state index is 13.0. The van der Waals surface area contributed by atoms with Crippen LogP contribution in [0.2, 0.25) is 5.02 Å². The minimum absolute atomic E-state index is 0.0275. The smallest absolute Gasteiger partial charge is 0.309 e. The Hall–Kier alpha value is -1.04. The van der Waals surface area contributed by atoms with E-state index >= 15 is 0 Å². The second kappa shape index (κ2) is 6.38. The van der Waals surface area contributed by atoms with Gasteiger partial charge in [0.15, 0.2) is 0 Å². The van der Waals surface area contributed by atoms with Crippen LogP contribution < -0.4 is 5.32 Å². The van der Waals surface area contributed by atoms with E-state index in [2.05, 4.69) is 21.2 Å². The largest absolute Gasteiger partial charge is 0.417 e. The van der Waals surface area contributed by atoms with Crippen LogP contribution in [-0.4, -0.2) is 7.05 Å². The zero-order valence-corrected chi connectivity index (χ0v) is 13.4. The van der Waals surface area contributed by atoms with E-state index in [1.165, 1.54) is 6.07 Å². The molecule has 1 unspecified atom stereocenters. The summed E-state index contributed by atoms with van der Waals surface area (Å²) in [6.45, 7) is 0. The number of alkyl halides is 3. The van der Waals surface area contributed by atoms with Gasteiger partial charge in [0.2, 0.25) is 0 Å². The third-order valence-corrected chi connectivity index (χ3v) is 4.03. The van der Waals surface area contributed by atoms with Crippen LogP contribution in [0.15, 0.2) is 46.9 Å². The van der Waals surface area contributed by atoms with E-state index in [-0.39, 0.29) is 10.5 Å². The van der Waals surface area contributed by atoms with Crippen LogP contribution in [0, 0.1) is 0 Å². The van der Waals surface area contributed by atoms with Crippen molar-refractivity contribution in [3.8, 4) is 0 Å². The molecular weight excluding hydrogens is 367 g/mol. The molecule has 6 heteroatoms. The van der Waals surface area contributed by atoms with Gasteiger partial charge in [0.05, 0.1) is 11.6 Å². The van der Waals surface area contributed by atoms with Crippen molar-refractivity contribution < 1.29 is 13.2 Å². The van der Waals surface area contributed by atoms with Crippen LogP contribution in [0.1, 0.15) is 22.7 Å². The quantitative estimate of drug-likeness (QED) is 0.751. The van der Waals surface area contributed by atoms with Gasteiger partial charge < -0.3 is 5.32 Å². The Labute approximate surface area is 134 Å². The molecule has 21 heavy (non-hydrogen) atoms. The van der Waals surface area contributed by atoms with Gasteiger partial charge >= 0.3 is 6.18 Å². The van der Waals surface area contributed by atoms with Crippen LogP contribution in [0.25, 0.3) is 0 Å². The summed E-state index contributed by atoms with van der Waals surface area (Å²) in [7, 11) is 1.70. The Balaban J connectivity index is 2.49. The first-order valence-electron chi connectivity index (χ1n) is 6.12. The molecule has 0 aliphatic carbocycles. The highest BCUT2D eigenvalue weighted by Gasteiger charge is 2.33. The molecule has 0 radical (unpaired) electrons. The highest BCUT2D eigenvalue weighted by atomic mass is 79.9. The van der Waals surface area contributed by atoms with Gasteiger partial charge in [0.1, 0.15) is 0 Å². The molecule has 0 aliphatic heterocycles. The molecule has 0 aliphatic rings. The number of benzene rings is 2. The second-order valence-electron chi connectivity index (χ2n) is 4.51. The molecular formula is C15H12BrClF3N. The van der Waals surface area contributed by atoms with E-state index in [9.17, 15) is 13.2 Å². The topological polar surface area (TPSA) is 12.0 Å². The van der Waals surface area contributed by atoms with E-state index in [4.69, 9.17) is 11.6 Å². The lowest BCUT2D eigenvalue weighted by Crippen LogP contribution is -2.18. The van der Waals surface area contributed by atoms with Gasteiger partial charge in [-0.1, -0.05) is 45.7 Å². The van der Waals surface area contributed by atoms with Gasteiger partial charge in [-0.25, -0.2) is 0 Å². The first-order chi connectivity index (χ1) is 9.82. The summed E-state index contributed by atoms with van der Waals surface area (Å²) in [5.74, 6) is 0. The summed E-state index contributed by atoms with van der Waals surface area (Å²) in [5, 5.41) is 3.56. The summed E-state index contributed by atoms with van der Waals surface area (Å²) < 4.78 is 39.0. The van der Waals surface area contributed by atoms with Crippen LogP contribution in [-0.2, 0) is 6.18 Å². The molecule has 1 atom stereocenters. The average molecular weight is 379 g/mol. The number of rotatable bonds is 3. The lowest BCUT2D eigenvalue weighted by molar-refractivity contribution is -0.138. The molecule has 1 N–H and O–H groups in total. The van der Waals surface area contributed by atoms with Crippen molar-refractivity contribution in [3.63, 3.8) is 0 Å². The zero-order valence-electron chi connectivity index (χ0n) is 11.0. The molecule has 0 aromatic heterocycles. The zero-order chi connectivity index (χ0) is 15.6. The lowest BCUT2D eigenvalue weighted by Gasteiger charge is -2.19. The van der Waals surface area contributed by atoms with E-state index in [0.717, 1.165) is 11.6 Å². The van der Waals surface area contributed by atoms with Crippen molar-refractivity contribution in [2.75, 3.05) is 7.05 Å². The fourth-order valence-electron chi connectivity index (χ4n) is 2.15. The highest BCUT2D eigenvalue weighted by molar-refractivity contribution is 9.10. The first-order valence-corrected chi connectivity index (χ1v) is 7.29. The van der Waals surface area contributed by atoms with Crippen molar-refractivity contribution in [1.29, 1.82) is 0 Å². The Bertz CT molecular complexity index is 643. The van der Waals surface area contributed by atoms with Gasteiger partial charge in [0.25, 0.3) is 0 Å². The molecule has 0 spiro atoms. The number of nitrogens with one attached hydrogen (secondary N) is 1. The molecule has 2 rings (SSSR count). The predicted octanol–water partition coefficient (Wildman–Crippen LogP) is 5.43. The molecule has 0 saturated heterocycles. The standard InChI is InChI=1S/C15H12BrClF3N/c1-21-14(9-3-2-4-11(17)7-9)10-5-6-13(16)12(8-10)15(18,19)20/h2-8,14,21H,1H3. The van der Waals surface area contributed by atoms with Gasteiger partial charge in [-0.15, -0.1) is 0 Å². The molecule has 0 heterocycles. The Kier molecular flexibility index (Phi) is 4.96. The second-order valence-corrected chi connectivity index (χ2v) is 5.80. The van der Waals surface area contributed by atoms with E-state index in [1.807, 2.05) is 6.07 Å². The van der Waals surface area contributed by atoms with E-state index in [1.54, 1.807) is 31.3 Å². The summed E-state index contributed by atoms with van der Waals surface area (Å²) in [6, 6.07) is 10.9. The first kappa shape index (κ1) is 16.3. The third-order valence-electron chi connectivity index (χ3n) is 3.10. The Morgan fingerprint density at radius 2 is 1.76 bits per heavy atom. The van der Waals surface area contributed by atoms with Crippen molar-refractivity contribution in [3.05, 3.63) is 68.7 Å². The van der Waals surface area contributed by atoms with E-state index in [0.29, 0.717) is 10.6 Å². The van der Waals surface area contributed by atoms with Gasteiger partial charge in [-0.3, -0.25) is 0 Å². The summed E-state index contributed by atoms with van der Waals surface area (Å²) >= 11 is 8.89. The summed E-state index contributed by atoms with van der Waals surface area (Å²) in [5.41, 5.74) is 0.637. The lowest BCUT2D eigenvalue weighted by atomic mass is 9.97. The maximum atomic E-state index is 13.0. The molecule has 0 saturated carbocycles. The molecule has 2 aromatic rings. The molecule has 0 amide bonds. The fraction of sp³-hybridized carbons (Fsp3) is 0.200. The molecule has 0 bridgehead atoms. The molecule has 1 nitrogen and oxygen atoms in total. The molecule has 0 fully saturated rings. The minimum Gasteiger partial charge on any atom is -0.309 e. The molecule has 112 valence electrons. The van der Waals surface area contributed by atoms with Gasteiger partial charge in [-0.05, 0) is 42.4 Å². The molecule has 2 aromatic carbocycles. The van der Waals surface area contributed by atoms with Crippen LogP contribution in [0.4, 0.5) is 13.2 Å². The van der Waals surface area contributed by atoms with Crippen molar-refractivity contribution in [2.45, 2.75) is 12.2 Å². The van der Waals surface area contributed by atoms with Crippen molar-refractivity contribution >= 4 is 27.5 Å². The SMILES string of the molecule is CNC(c1cccc(Cl)c1)c1ccc(Br)c(C(F)(F)F)c1. The minimum atomic E-state index is -4.40. The Morgan fingerprint density at radius 3 is 2.33 bits per heavy atom. The predicted molar refractivity (Wildman–Crippen MR) is 81.5 cm³/mol. The van der Waals surface area contributed by atoms with Gasteiger partial charge in [-0.2, -0.15) is 13.2 Å². The average Bonchev–Trinajstić information content (AvgIpc) is 2.40. The van der Waals surface area contributed by atoms with Gasteiger partial charge in [0, 0.05) is 9.50 Å². The summed E-state index contributed by atoms with van der Waals surface area (Å²) in [6.07, 6.45) is -4.40. The van der Waals surface area contributed by atoms with Crippen molar-refractivity contribution in [2.24, 2.45) is 0 Å².